The molecule has 0 radical (unpaired) electrons. The lowest BCUT2D eigenvalue weighted by molar-refractivity contribution is -0.150. The molecular formula is C73H60N2O4. The van der Waals surface area contributed by atoms with Crippen molar-refractivity contribution >= 4 is 76.4 Å². The van der Waals surface area contributed by atoms with Crippen LogP contribution in [0.1, 0.15) is 58.1 Å². The van der Waals surface area contributed by atoms with E-state index in [-0.39, 0.29) is 38.8 Å². The summed E-state index contributed by atoms with van der Waals surface area (Å²) in [7, 11) is 0. The number of benzene rings is 12. The molecule has 6 nitrogen and oxygen atoms in total. The summed E-state index contributed by atoms with van der Waals surface area (Å²) < 4.78 is 0. The first kappa shape index (κ1) is 49.6. The largest absolute Gasteiger partial charge is 0.387 e. The van der Waals surface area contributed by atoms with Crippen LogP contribution >= 0.6 is 0 Å². The van der Waals surface area contributed by atoms with E-state index in [9.17, 15) is 4.79 Å². The Bertz CT molecular complexity index is 3870. The number of nitrogens with zero attached hydrogens (tertiary/aromatic N) is 1. The molecule has 12 aromatic carbocycles. The Morgan fingerprint density at radius 3 is 0.924 bits per heavy atom. The van der Waals surface area contributed by atoms with Crippen molar-refractivity contribution in [1.29, 1.82) is 0 Å². The van der Waals surface area contributed by atoms with Gasteiger partial charge in [0.1, 0.15) is 5.41 Å². The van der Waals surface area contributed by atoms with Crippen LogP contribution in [0.4, 0.5) is 0 Å². The highest BCUT2D eigenvalue weighted by molar-refractivity contribution is 6.07. The van der Waals surface area contributed by atoms with E-state index in [2.05, 4.69) is 146 Å². The van der Waals surface area contributed by atoms with E-state index in [1.165, 1.54) is 0 Å². The molecule has 1 aliphatic rings. The van der Waals surface area contributed by atoms with Gasteiger partial charge < -0.3 is 20.8 Å². The van der Waals surface area contributed by atoms with Crippen molar-refractivity contribution in [1.82, 2.24) is 4.90 Å². The molecule has 1 aliphatic carbocycles. The highest BCUT2D eigenvalue weighted by Crippen LogP contribution is 2.51. The summed E-state index contributed by atoms with van der Waals surface area (Å²) in [4.78, 5) is 32.1. The Balaban J connectivity index is 1.10. The molecule has 79 heavy (non-hydrogen) atoms. The van der Waals surface area contributed by atoms with Gasteiger partial charge in [0.2, 0.25) is 11.8 Å². The Morgan fingerprint density at radius 1 is 0.380 bits per heavy atom. The number of hydrogen-bond donors (Lipinski definition) is 3. The Labute approximate surface area is 460 Å². The van der Waals surface area contributed by atoms with Crippen LogP contribution in [0.15, 0.2) is 255 Å². The summed E-state index contributed by atoms with van der Waals surface area (Å²) in [5.74, 6) is -2.77. The van der Waals surface area contributed by atoms with Crippen molar-refractivity contribution in [2.24, 2.45) is 11.1 Å². The van der Waals surface area contributed by atoms with Crippen LogP contribution in [0.3, 0.4) is 0 Å². The lowest BCUT2D eigenvalue weighted by Gasteiger charge is -2.46. The van der Waals surface area contributed by atoms with Crippen LogP contribution in [0.5, 0.6) is 0 Å². The molecule has 0 aliphatic heterocycles. The number of primary amides is 1. The molecule has 2 unspecified atom stereocenters. The number of hydrogen-bond acceptors (Lipinski definition) is 4. The van der Waals surface area contributed by atoms with Crippen LogP contribution in [0.25, 0.3) is 64.6 Å². The summed E-state index contributed by atoms with van der Waals surface area (Å²) in [6.45, 7) is -0.562. The van der Waals surface area contributed by atoms with E-state index >= 15 is 15.0 Å². The average molecular weight is 1030 g/mol. The monoisotopic (exact) mass is 1030 g/mol. The van der Waals surface area contributed by atoms with Crippen molar-refractivity contribution in [3.63, 3.8) is 0 Å². The molecule has 0 spiro atoms. The third-order valence-corrected chi connectivity index (χ3v) is 17.2. The van der Waals surface area contributed by atoms with Gasteiger partial charge in [-0.1, -0.05) is 255 Å². The fourth-order valence-corrected chi connectivity index (χ4v) is 13.4. The van der Waals surface area contributed by atoms with Gasteiger partial charge in [0, 0.05) is 24.7 Å². The van der Waals surface area contributed by atoms with Gasteiger partial charge in [0.05, 0.1) is 24.3 Å². The van der Waals surface area contributed by atoms with Gasteiger partial charge in [-0.25, -0.2) is 0 Å². The Hall–Kier alpha value is -8.94. The first-order valence-electron chi connectivity index (χ1n) is 27.5. The van der Waals surface area contributed by atoms with Gasteiger partial charge in [-0.15, -0.1) is 0 Å². The Morgan fingerprint density at radius 2 is 0.633 bits per heavy atom. The second-order valence-corrected chi connectivity index (χ2v) is 22.1. The summed E-state index contributed by atoms with van der Waals surface area (Å²) >= 11 is 0. The molecule has 0 bridgehead atoms. The number of fused-ring (bicyclic) bond motifs is 6. The van der Waals surface area contributed by atoms with Gasteiger partial charge in [-0.3, -0.25) is 9.59 Å². The Kier molecular flexibility index (Phi) is 12.6. The number of nitrogens with two attached hydrogens (primary N) is 1. The molecule has 2 atom stereocenters. The minimum atomic E-state index is -1.84. The van der Waals surface area contributed by atoms with E-state index in [4.69, 9.17) is 5.73 Å². The fraction of sp³-hybridized carbons (Fsp3) is 0.151. The first-order chi connectivity index (χ1) is 38.6. The SMILES string of the molecule is NC(=O)C1(C(=O)N(CC(O)(Cc2cccc3ccccc23)C(c2cccc3ccccc23)c2cccc3ccccc23)CC(O)(Cc2cccc3ccccc23)C(c2cccc3ccccc23)c2cccc3ccccc23)CC1. The number of carbonyl (C=O) groups excluding carboxylic acids is 2. The van der Waals surface area contributed by atoms with Gasteiger partial charge >= 0.3 is 0 Å². The lowest BCUT2D eigenvalue weighted by Crippen LogP contribution is -2.59. The molecule has 1 fully saturated rings. The minimum absolute atomic E-state index is 0.0939. The molecule has 4 N–H and O–H groups in total. The second kappa shape index (κ2) is 20.1. The zero-order valence-electron chi connectivity index (χ0n) is 43.9. The topological polar surface area (TPSA) is 104 Å². The second-order valence-electron chi connectivity index (χ2n) is 22.1. The fourth-order valence-electron chi connectivity index (χ4n) is 13.4. The van der Waals surface area contributed by atoms with Crippen LogP contribution < -0.4 is 5.73 Å². The van der Waals surface area contributed by atoms with E-state index in [0.717, 1.165) is 98.0 Å². The average Bonchev–Trinajstić information content (AvgIpc) is 4.37. The van der Waals surface area contributed by atoms with Gasteiger partial charge in [-0.2, -0.15) is 0 Å². The van der Waals surface area contributed by atoms with E-state index in [1.807, 2.05) is 109 Å². The van der Waals surface area contributed by atoms with Crippen LogP contribution in [0.2, 0.25) is 0 Å². The van der Waals surface area contributed by atoms with Gasteiger partial charge in [0.15, 0.2) is 0 Å². The van der Waals surface area contributed by atoms with Crippen molar-refractivity contribution in [3.05, 3.63) is 288 Å². The number of carbonyl (C=O) groups is 2. The third kappa shape index (κ3) is 8.97. The van der Waals surface area contributed by atoms with Gasteiger partial charge in [0.25, 0.3) is 0 Å². The predicted molar refractivity (Wildman–Crippen MR) is 322 cm³/mol. The van der Waals surface area contributed by atoms with Crippen molar-refractivity contribution in [2.45, 2.75) is 48.7 Å². The molecule has 0 heterocycles. The molecule has 6 heteroatoms. The smallest absolute Gasteiger partial charge is 0.238 e. The zero-order chi connectivity index (χ0) is 53.7. The van der Waals surface area contributed by atoms with Crippen molar-refractivity contribution in [2.75, 3.05) is 13.1 Å². The van der Waals surface area contributed by atoms with Crippen molar-refractivity contribution < 1.29 is 19.8 Å². The van der Waals surface area contributed by atoms with Crippen LogP contribution in [-0.2, 0) is 22.4 Å². The summed E-state index contributed by atoms with van der Waals surface area (Å²) in [5, 5.41) is 42.0. The highest BCUT2D eigenvalue weighted by Gasteiger charge is 2.59. The molecule has 0 saturated heterocycles. The zero-order valence-corrected chi connectivity index (χ0v) is 43.9. The van der Waals surface area contributed by atoms with E-state index in [0.29, 0.717) is 0 Å². The number of rotatable bonds is 16. The molecule has 12 aromatic rings. The summed E-state index contributed by atoms with van der Waals surface area (Å²) in [6, 6.07) is 86.8. The lowest BCUT2D eigenvalue weighted by atomic mass is 9.69. The maximum atomic E-state index is 16.4. The predicted octanol–water partition coefficient (Wildman–Crippen LogP) is 14.6. The highest BCUT2D eigenvalue weighted by atomic mass is 16.3. The molecule has 386 valence electrons. The molecule has 13 rings (SSSR count). The normalized spacial score (nSPS) is 14.7. The van der Waals surface area contributed by atoms with Crippen LogP contribution in [-0.4, -0.2) is 51.2 Å². The van der Waals surface area contributed by atoms with Gasteiger partial charge in [-0.05, 0) is 111 Å². The maximum absolute atomic E-state index is 16.4. The quantitative estimate of drug-likeness (QED) is 0.0839. The third-order valence-electron chi connectivity index (χ3n) is 17.2. The van der Waals surface area contributed by atoms with E-state index < -0.39 is 40.3 Å². The standard InChI is InChI=1S/C73H60N2O4/c74-69(76)71(43-44-71)70(77)75(47-72(78,45-55-31-13-25-49-19-1-7-33-57(49)55)67(63-39-15-27-51-21-3-9-35-59(51)63)64-40-16-28-52-22-4-10-36-60(52)64)48-73(79,46-56-32-14-26-50-20-2-8-34-58(50)56)68(65-41-17-29-53-23-5-11-37-61(53)65)66-42-18-30-54-24-6-12-38-62(54)66/h1-42,67-68,78-79H,43-48H2,(H2,74,76). The van der Waals surface area contributed by atoms with E-state index in [1.54, 1.807) is 4.90 Å². The summed E-state index contributed by atoms with van der Waals surface area (Å²) in [5.41, 5.74) is 6.51. The molecule has 0 aromatic heterocycles. The minimum Gasteiger partial charge on any atom is -0.387 e. The molecule has 2 amide bonds. The maximum Gasteiger partial charge on any atom is 0.238 e. The number of amides is 2. The molecular weight excluding hydrogens is 969 g/mol. The summed E-state index contributed by atoms with van der Waals surface area (Å²) in [6.07, 6.45) is 0.702. The number of aliphatic hydroxyl groups is 2. The van der Waals surface area contributed by atoms with Crippen LogP contribution in [0, 0.1) is 5.41 Å². The molecule has 1 saturated carbocycles. The van der Waals surface area contributed by atoms with Crippen molar-refractivity contribution in [3.8, 4) is 0 Å². The first-order valence-corrected chi connectivity index (χ1v) is 27.5.